The van der Waals surface area contributed by atoms with E-state index in [1.54, 1.807) is 0 Å². The van der Waals surface area contributed by atoms with E-state index in [0.717, 1.165) is 22.9 Å². The van der Waals surface area contributed by atoms with Crippen molar-refractivity contribution >= 4 is 9.84 Å². The molecule has 0 heterocycles. The van der Waals surface area contributed by atoms with Crippen LogP contribution >= 0.6 is 0 Å². The van der Waals surface area contributed by atoms with Gasteiger partial charge in [-0.2, -0.15) is 0 Å². The SMILES string of the molecule is CCN(C)[Si]N(C)CC. The molecule has 0 aromatic heterocycles. The van der Waals surface area contributed by atoms with Gasteiger partial charge in [0, 0.05) is 0 Å². The Bertz CT molecular complexity index is 60.1. The van der Waals surface area contributed by atoms with Crippen molar-refractivity contribution in [1.82, 2.24) is 9.13 Å². The van der Waals surface area contributed by atoms with Crippen molar-refractivity contribution in [2.24, 2.45) is 0 Å². The Kier molecular flexibility index (Phi) is 5.04. The summed E-state index contributed by atoms with van der Waals surface area (Å²) < 4.78 is 4.62. The first kappa shape index (κ1) is 9.14. The van der Waals surface area contributed by atoms with Gasteiger partial charge in [0.2, 0.25) is 0 Å². The molecule has 0 spiro atoms. The summed E-state index contributed by atoms with van der Waals surface area (Å²) in [5, 5.41) is 0. The normalized spacial score (nSPS) is 11.3. The second kappa shape index (κ2) is 4.96. The highest BCUT2D eigenvalue weighted by molar-refractivity contribution is 6.28. The van der Waals surface area contributed by atoms with Crippen LogP contribution in [0.4, 0.5) is 0 Å². The smallest absolute Gasteiger partial charge is 0.250 e. The van der Waals surface area contributed by atoms with E-state index in [2.05, 4.69) is 37.1 Å². The molecule has 2 radical (unpaired) electrons. The number of hydrogen-bond acceptors (Lipinski definition) is 2. The fourth-order valence-corrected chi connectivity index (χ4v) is 1.30. The quantitative estimate of drug-likeness (QED) is 0.528. The number of hydrogen-bond donors (Lipinski definition) is 0. The first-order valence-corrected chi connectivity index (χ1v) is 4.28. The minimum Gasteiger partial charge on any atom is -0.315 e. The minimum atomic E-state index is 0.846. The van der Waals surface area contributed by atoms with Crippen molar-refractivity contribution in [3.63, 3.8) is 0 Å². The second-order valence-corrected chi connectivity index (χ2v) is 3.86. The third kappa shape index (κ3) is 4.63. The highest BCUT2D eigenvalue weighted by Crippen LogP contribution is 1.81. The van der Waals surface area contributed by atoms with Gasteiger partial charge in [-0.1, -0.05) is 13.8 Å². The van der Waals surface area contributed by atoms with Crippen LogP contribution in [-0.4, -0.2) is 46.2 Å². The summed E-state index contributed by atoms with van der Waals surface area (Å²) in [5.41, 5.74) is 0. The summed E-state index contributed by atoms with van der Waals surface area (Å²) in [6, 6.07) is 0. The lowest BCUT2D eigenvalue weighted by Gasteiger charge is -2.18. The van der Waals surface area contributed by atoms with Gasteiger partial charge in [-0.05, 0) is 27.2 Å². The van der Waals surface area contributed by atoms with Gasteiger partial charge in [0.1, 0.15) is 0 Å². The second-order valence-electron chi connectivity index (χ2n) is 2.13. The van der Waals surface area contributed by atoms with Gasteiger partial charge in [0.25, 0.3) is 9.84 Å². The lowest BCUT2D eigenvalue weighted by Crippen LogP contribution is -2.36. The summed E-state index contributed by atoms with van der Waals surface area (Å²) in [6.07, 6.45) is 0. The van der Waals surface area contributed by atoms with E-state index in [1.807, 2.05) is 0 Å². The predicted octanol–water partition coefficient (Wildman–Crippen LogP) is 0.424. The molecular formula is C6H16N2Si. The van der Waals surface area contributed by atoms with Gasteiger partial charge in [0.15, 0.2) is 0 Å². The molecule has 0 unspecified atom stereocenters. The van der Waals surface area contributed by atoms with Crippen molar-refractivity contribution in [3.05, 3.63) is 0 Å². The highest BCUT2D eigenvalue weighted by Gasteiger charge is 2.00. The zero-order valence-electron chi connectivity index (χ0n) is 6.81. The lowest BCUT2D eigenvalue weighted by atomic mass is 10.8. The van der Waals surface area contributed by atoms with E-state index < -0.39 is 0 Å². The molecule has 0 rings (SSSR count). The molecule has 0 aliphatic rings. The number of rotatable bonds is 4. The van der Waals surface area contributed by atoms with Crippen molar-refractivity contribution in [2.75, 3.05) is 27.2 Å². The molecule has 2 nitrogen and oxygen atoms in total. The molecule has 54 valence electrons. The summed E-state index contributed by atoms with van der Waals surface area (Å²) in [4.78, 5) is 0. The van der Waals surface area contributed by atoms with Crippen molar-refractivity contribution in [2.45, 2.75) is 13.8 Å². The first-order chi connectivity index (χ1) is 4.20. The van der Waals surface area contributed by atoms with E-state index in [4.69, 9.17) is 0 Å². The maximum atomic E-state index is 2.31. The van der Waals surface area contributed by atoms with Crippen LogP contribution in [0.1, 0.15) is 13.8 Å². The molecule has 9 heavy (non-hydrogen) atoms. The third-order valence-corrected chi connectivity index (χ3v) is 2.61. The van der Waals surface area contributed by atoms with Crippen LogP contribution in [0.2, 0.25) is 0 Å². The van der Waals surface area contributed by atoms with Gasteiger partial charge in [-0.3, -0.25) is 0 Å². The summed E-state index contributed by atoms with van der Waals surface area (Å²) in [6.45, 7) is 6.64. The van der Waals surface area contributed by atoms with E-state index in [1.165, 1.54) is 0 Å². The first-order valence-electron chi connectivity index (χ1n) is 3.39. The van der Waals surface area contributed by atoms with E-state index >= 15 is 0 Å². The van der Waals surface area contributed by atoms with Crippen LogP contribution in [0.3, 0.4) is 0 Å². The molecule has 0 aliphatic heterocycles. The highest BCUT2D eigenvalue weighted by atomic mass is 28.2. The maximum absolute atomic E-state index is 2.31. The topological polar surface area (TPSA) is 6.48 Å². The Hall–Kier alpha value is 0.137. The predicted molar refractivity (Wildman–Crippen MR) is 42.4 cm³/mol. The fourth-order valence-electron chi connectivity index (χ4n) is 0.433. The Labute approximate surface area is 60.8 Å². The van der Waals surface area contributed by atoms with Crippen molar-refractivity contribution < 1.29 is 0 Å². The molecule has 0 bridgehead atoms. The Balaban J connectivity index is 3.22. The Morgan fingerprint density at radius 1 is 1.00 bits per heavy atom. The summed E-state index contributed by atoms with van der Waals surface area (Å²) in [7, 11) is 5.13. The maximum Gasteiger partial charge on any atom is 0.250 e. The molecule has 0 amide bonds. The largest absolute Gasteiger partial charge is 0.315 e. The third-order valence-electron chi connectivity index (χ3n) is 1.29. The fraction of sp³-hybridized carbons (Fsp3) is 1.00. The molecule has 3 heteroatoms. The minimum absolute atomic E-state index is 0.846. The summed E-state index contributed by atoms with van der Waals surface area (Å²) >= 11 is 0. The van der Waals surface area contributed by atoms with E-state index in [9.17, 15) is 0 Å². The average molecular weight is 144 g/mol. The van der Waals surface area contributed by atoms with Crippen LogP contribution in [-0.2, 0) is 0 Å². The Morgan fingerprint density at radius 2 is 1.33 bits per heavy atom. The van der Waals surface area contributed by atoms with Crippen LogP contribution in [0.25, 0.3) is 0 Å². The van der Waals surface area contributed by atoms with Gasteiger partial charge < -0.3 is 9.13 Å². The standard InChI is InChI=1S/C6H16N2Si/c1-5-7(3)9-8(4)6-2/h5-6H2,1-4H3. The molecule has 0 saturated heterocycles. The van der Waals surface area contributed by atoms with Crippen LogP contribution < -0.4 is 0 Å². The Morgan fingerprint density at radius 3 is 1.56 bits per heavy atom. The molecule has 0 aromatic carbocycles. The lowest BCUT2D eigenvalue weighted by molar-refractivity contribution is 0.467. The van der Waals surface area contributed by atoms with E-state index in [0.29, 0.717) is 0 Å². The molecule has 0 atom stereocenters. The van der Waals surface area contributed by atoms with Gasteiger partial charge in [0.05, 0.1) is 0 Å². The van der Waals surface area contributed by atoms with Gasteiger partial charge in [-0.15, -0.1) is 0 Å². The molecule has 0 aromatic rings. The molecule has 0 aliphatic carbocycles. The number of nitrogens with zero attached hydrogens (tertiary/aromatic N) is 2. The monoisotopic (exact) mass is 144 g/mol. The van der Waals surface area contributed by atoms with Crippen molar-refractivity contribution in [1.29, 1.82) is 0 Å². The zero-order chi connectivity index (χ0) is 7.28. The van der Waals surface area contributed by atoms with Crippen LogP contribution in [0.15, 0.2) is 0 Å². The molecule has 0 saturated carbocycles. The zero-order valence-corrected chi connectivity index (χ0v) is 7.81. The average Bonchev–Trinajstić information content (AvgIpc) is 1.87. The van der Waals surface area contributed by atoms with Gasteiger partial charge >= 0.3 is 0 Å². The molecule has 0 N–H and O–H groups in total. The van der Waals surface area contributed by atoms with Crippen molar-refractivity contribution in [3.8, 4) is 0 Å². The molecule has 0 fully saturated rings. The van der Waals surface area contributed by atoms with Crippen LogP contribution in [0.5, 0.6) is 0 Å². The van der Waals surface area contributed by atoms with Gasteiger partial charge in [-0.25, -0.2) is 0 Å². The molecular weight excluding hydrogens is 128 g/mol. The van der Waals surface area contributed by atoms with E-state index in [-0.39, 0.29) is 0 Å². The van der Waals surface area contributed by atoms with Crippen LogP contribution in [0, 0.1) is 0 Å². The summed E-state index contributed by atoms with van der Waals surface area (Å²) in [5.74, 6) is 0.